The number of alkyl halides is 3. The molecule has 2 rings (SSSR count). The van der Waals surface area contributed by atoms with Gasteiger partial charge in [0.05, 0.1) is 18.3 Å². The van der Waals surface area contributed by atoms with Crippen LogP contribution in [0.4, 0.5) is 13.2 Å². The maximum absolute atomic E-state index is 12.2. The quantitative estimate of drug-likeness (QED) is 0.627. The summed E-state index contributed by atoms with van der Waals surface area (Å²) in [6.07, 6.45) is -2.78. The zero-order valence-corrected chi connectivity index (χ0v) is 11.1. The molecular formula is C13H11F3N2OS. The lowest BCUT2D eigenvalue weighted by Gasteiger charge is -2.02. The first-order valence-corrected chi connectivity index (χ1v) is 6.77. The first kappa shape index (κ1) is 14.6. The minimum Gasteiger partial charge on any atom is -0.284 e. The van der Waals surface area contributed by atoms with Crippen molar-refractivity contribution in [2.45, 2.75) is 17.6 Å². The second kappa shape index (κ2) is 6.13. The third-order valence-corrected chi connectivity index (χ3v) is 3.48. The smallest absolute Gasteiger partial charge is 0.284 e. The number of Topliss-reactive ketones (excluding diaryl/α,β-unsaturated/α-hetero) is 1. The average molecular weight is 300 g/mol. The standard InChI is InChI=1S/C13H11F3N2OS/c14-13(15,16)12(19)10-8-17-18(9-10)6-7-20-11-4-2-1-3-5-11/h1-5,8-9H,6-7H2. The van der Waals surface area contributed by atoms with Gasteiger partial charge >= 0.3 is 6.18 Å². The summed E-state index contributed by atoms with van der Waals surface area (Å²) in [7, 11) is 0. The number of carbonyl (C=O) groups is 1. The second-order valence-electron chi connectivity index (χ2n) is 3.98. The fourth-order valence-corrected chi connectivity index (χ4v) is 2.40. The molecule has 0 aliphatic carbocycles. The number of nitrogens with zero attached hydrogens (tertiary/aromatic N) is 2. The molecule has 3 nitrogen and oxygen atoms in total. The van der Waals surface area contributed by atoms with Gasteiger partial charge in [-0.05, 0) is 12.1 Å². The molecule has 1 heterocycles. The molecule has 0 atom stereocenters. The van der Waals surface area contributed by atoms with E-state index in [-0.39, 0.29) is 0 Å². The van der Waals surface area contributed by atoms with E-state index in [1.807, 2.05) is 30.3 Å². The third kappa shape index (κ3) is 3.86. The Morgan fingerprint density at radius 1 is 1.25 bits per heavy atom. The van der Waals surface area contributed by atoms with E-state index < -0.39 is 17.5 Å². The van der Waals surface area contributed by atoms with Crippen LogP contribution in [-0.2, 0) is 6.54 Å². The van der Waals surface area contributed by atoms with E-state index in [2.05, 4.69) is 5.10 Å². The molecule has 106 valence electrons. The van der Waals surface area contributed by atoms with Gasteiger partial charge in [0.25, 0.3) is 5.78 Å². The highest BCUT2D eigenvalue weighted by atomic mass is 32.2. The van der Waals surface area contributed by atoms with Crippen LogP contribution in [0.5, 0.6) is 0 Å². The lowest BCUT2D eigenvalue weighted by atomic mass is 10.2. The van der Waals surface area contributed by atoms with Gasteiger partial charge in [-0.3, -0.25) is 9.48 Å². The minimum absolute atomic E-state index is 0.429. The van der Waals surface area contributed by atoms with Crippen LogP contribution < -0.4 is 0 Å². The van der Waals surface area contributed by atoms with Crippen molar-refractivity contribution in [2.75, 3.05) is 5.75 Å². The summed E-state index contributed by atoms with van der Waals surface area (Å²) < 4.78 is 38.0. The number of ketones is 1. The monoisotopic (exact) mass is 300 g/mol. The van der Waals surface area contributed by atoms with Crippen molar-refractivity contribution in [3.63, 3.8) is 0 Å². The van der Waals surface area contributed by atoms with Crippen LogP contribution in [0.1, 0.15) is 10.4 Å². The molecule has 0 aliphatic heterocycles. The number of benzene rings is 1. The molecular weight excluding hydrogens is 289 g/mol. The Hall–Kier alpha value is -1.76. The molecule has 0 saturated carbocycles. The molecule has 0 bridgehead atoms. The first-order valence-electron chi connectivity index (χ1n) is 5.78. The van der Waals surface area contributed by atoms with E-state index in [0.29, 0.717) is 12.3 Å². The van der Waals surface area contributed by atoms with Gasteiger partial charge in [0.2, 0.25) is 0 Å². The summed E-state index contributed by atoms with van der Waals surface area (Å²) >= 11 is 1.57. The van der Waals surface area contributed by atoms with Crippen LogP contribution in [0.3, 0.4) is 0 Å². The normalized spacial score (nSPS) is 11.6. The number of aryl methyl sites for hydroxylation is 1. The molecule has 20 heavy (non-hydrogen) atoms. The van der Waals surface area contributed by atoms with Crippen molar-refractivity contribution in [1.29, 1.82) is 0 Å². The fraction of sp³-hybridized carbons (Fsp3) is 0.231. The van der Waals surface area contributed by atoms with Crippen molar-refractivity contribution < 1.29 is 18.0 Å². The molecule has 7 heteroatoms. The Bertz CT molecular complexity index is 581. The van der Waals surface area contributed by atoms with Crippen LogP contribution in [0.15, 0.2) is 47.6 Å². The fourth-order valence-electron chi connectivity index (χ4n) is 1.54. The van der Waals surface area contributed by atoms with Crippen LogP contribution in [0.2, 0.25) is 0 Å². The molecule has 2 aromatic rings. The highest BCUT2D eigenvalue weighted by molar-refractivity contribution is 7.99. The van der Waals surface area contributed by atoms with Crippen molar-refractivity contribution in [1.82, 2.24) is 9.78 Å². The van der Waals surface area contributed by atoms with Crippen LogP contribution in [0.25, 0.3) is 0 Å². The Morgan fingerprint density at radius 2 is 1.95 bits per heavy atom. The Labute approximate surface area is 117 Å². The summed E-state index contributed by atoms with van der Waals surface area (Å²) in [4.78, 5) is 12.1. The summed E-state index contributed by atoms with van der Waals surface area (Å²) in [5.41, 5.74) is -0.429. The van der Waals surface area contributed by atoms with Crippen molar-refractivity contribution in [3.05, 3.63) is 48.3 Å². The molecule has 0 radical (unpaired) electrons. The molecule has 1 aromatic heterocycles. The number of thioether (sulfide) groups is 1. The predicted molar refractivity (Wildman–Crippen MR) is 69.8 cm³/mol. The van der Waals surface area contributed by atoms with Gasteiger partial charge in [-0.2, -0.15) is 18.3 Å². The number of hydrogen-bond donors (Lipinski definition) is 0. The lowest BCUT2D eigenvalue weighted by Crippen LogP contribution is -2.22. The number of hydrogen-bond acceptors (Lipinski definition) is 3. The lowest BCUT2D eigenvalue weighted by molar-refractivity contribution is -0.0885. The minimum atomic E-state index is -4.85. The maximum Gasteiger partial charge on any atom is 0.454 e. The molecule has 1 aromatic carbocycles. The summed E-state index contributed by atoms with van der Waals surface area (Å²) in [6, 6.07) is 9.64. The first-order chi connectivity index (χ1) is 9.47. The summed E-state index contributed by atoms with van der Waals surface area (Å²) in [5, 5.41) is 3.76. The molecule has 0 unspecified atom stereocenters. The molecule has 0 amide bonds. The number of rotatable bonds is 5. The van der Waals surface area contributed by atoms with Crippen molar-refractivity contribution >= 4 is 17.5 Å². The van der Waals surface area contributed by atoms with E-state index in [0.717, 1.165) is 17.3 Å². The van der Waals surface area contributed by atoms with Crippen LogP contribution in [0, 0.1) is 0 Å². The topological polar surface area (TPSA) is 34.9 Å². The maximum atomic E-state index is 12.2. The Kier molecular flexibility index (Phi) is 4.49. The van der Waals surface area contributed by atoms with Gasteiger partial charge in [-0.15, -0.1) is 11.8 Å². The van der Waals surface area contributed by atoms with E-state index in [9.17, 15) is 18.0 Å². The van der Waals surface area contributed by atoms with Gasteiger partial charge in [0.15, 0.2) is 0 Å². The van der Waals surface area contributed by atoms with E-state index >= 15 is 0 Å². The zero-order valence-electron chi connectivity index (χ0n) is 10.3. The van der Waals surface area contributed by atoms with Gasteiger partial charge in [-0.1, -0.05) is 18.2 Å². The number of halogens is 3. The Balaban J connectivity index is 1.89. The molecule has 0 N–H and O–H groups in total. The van der Waals surface area contributed by atoms with E-state index in [1.54, 1.807) is 11.8 Å². The van der Waals surface area contributed by atoms with Crippen LogP contribution in [-0.4, -0.2) is 27.5 Å². The average Bonchev–Trinajstić information content (AvgIpc) is 2.87. The summed E-state index contributed by atoms with van der Waals surface area (Å²) in [5.74, 6) is -1.20. The highest BCUT2D eigenvalue weighted by Crippen LogP contribution is 2.21. The third-order valence-electron chi connectivity index (χ3n) is 2.49. The van der Waals surface area contributed by atoms with Gasteiger partial charge in [0.1, 0.15) is 0 Å². The largest absolute Gasteiger partial charge is 0.454 e. The second-order valence-corrected chi connectivity index (χ2v) is 5.15. The molecule has 0 aliphatic rings. The summed E-state index contributed by atoms with van der Waals surface area (Å²) in [6.45, 7) is 0.435. The highest BCUT2D eigenvalue weighted by Gasteiger charge is 2.39. The molecule has 0 fully saturated rings. The predicted octanol–water partition coefficient (Wildman–Crippen LogP) is 3.42. The van der Waals surface area contributed by atoms with Gasteiger partial charge in [-0.25, -0.2) is 0 Å². The van der Waals surface area contributed by atoms with Gasteiger partial charge in [0, 0.05) is 16.8 Å². The number of aromatic nitrogens is 2. The SMILES string of the molecule is O=C(c1cnn(CCSc2ccccc2)c1)C(F)(F)F. The van der Waals surface area contributed by atoms with E-state index in [1.165, 1.54) is 4.68 Å². The number of carbonyl (C=O) groups excluding carboxylic acids is 1. The van der Waals surface area contributed by atoms with Crippen LogP contribution >= 0.6 is 11.8 Å². The van der Waals surface area contributed by atoms with E-state index in [4.69, 9.17) is 0 Å². The molecule has 0 spiro atoms. The molecule has 0 saturated heterocycles. The van der Waals surface area contributed by atoms with Crippen molar-refractivity contribution in [3.8, 4) is 0 Å². The van der Waals surface area contributed by atoms with Crippen molar-refractivity contribution in [2.24, 2.45) is 0 Å². The Morgan fingerprint density at radius 3 is 2.60 bits per heavy atom. The zero-order chi connectivity index (χ0) is 14.6. The van der Waals surface area contributed by atoms with Gasteiger partial charge < -0.3 is 0 Å².